The van der Waals surface area contributed by atoms with Crippen LogP contribution in [0, 0.1) is 5.92 Å². The molecule has 6 nitrogen and oxygen atoms in total. The molecule has 3 amide bonds. The van der Waals surface area contributed by atoms with Gasteiger partial charge in [0.2, 0.25) is 5.91 Å². The average molecular weight is 270 g/mol. The van der Waals surface area contributed by atoms with E-state index >= 15 is 0 Å². The predicted molar refractivity (Wildman–Crippen MR) is 74.6 cm³/mol. The number of nitrogens with zero attached hydrogens (tertiary/aromatic N) is 1. The molecule has 1 aliphatic rings. The van der Waals surface area contributed by atoms with E-state index in [9.17, 15) is 9.59 Å². The summed E-state index contributed by atoms with van der Waals surface area (Å²) in [5.74, 6) is 0.224. The number of urea groups is 1. The molecule has 6 heteroatoms. The second-order valence-electron chi connectivity index (χ2n) is 5.57. The molecule has 19 heavy (non-hydrogen) atoms. The summed E-state index contributed by atoms with van der Waals surface area (Å²) < 4.78 is 0. The van der Waals surface area contributed by atoms with Gasteiger partial charge < -0.3 is 11.1 Å². The molecule has 1 saturated heterocycles. The van der Waals surface area contributed by atoms with E-state index in [1.807, 2.05) is 13.8 Å². The number of hydrogen-bond acceptors (Lipinski definition) is 4. The fourth-order valence-corrected chi connectivity index (χ4v) is 2.56. The minimum Gasteiger partial charge on any atom is -0.336 e. The molecule has 0 aliphatic carbocycles. The van der Waals surface area contributed by atoms with Crippen LogP contribution in [0.4, 0.5) is 4.79 Å². The van der Waals surface area contributed by atoms with Crippen LogP contribution in [0.15, 0.2) is 0 Å². The van der Waals surface area contributed by atoms with Crippen LogP contribution >= 0.6 is 0 Å². The van der Waals surface area contributed by atoms with Crippen molar-refractivity contribution in [2.24, 2.45) is 11.7 Å². The molecule has 0 saturated carbocycles. The van der Waals surface area contributed by atoms with Gasteiger partial charge in [0.1, 0.15) is 0 Å². The first-order valence-electron chi connectivity index (χ1n) is 6.98. The number of amides is 3. The Labute approximate surface area is 115 Å². The highest BCUT2D eigenvalue weighted by Gasteiger charge is 2.28. The molecule has 0 aromatic carbocycles. The van der Waals surface area contributed by atoms with Crippen LogP contribution in [-0.4, -0.2) is 48.6 Å². The van der Waals surface area contributed by atoms with E-state index in [-0.39, 0.29) is 24.5 Å². The van der Waals surface area contributed by atoms with Gasteiger partial charge in [0, 0.05) is 18.6 Å². The summed E-state index contributed by atoms with van der Waals surface area (Å²) in [6.45, 7) is 7.50. The number of hydrogen-bond donors (Lipinski definition) is 3. The number of nitrogens with two attached hydrogens (primary N) is 1. The lowest BCUT2D eigenvalue weighted by Crippen LogP contribution is -2.53. The summed E-state index contributed by atoms with van der Waals surface area (Å²) in [5, 5.41) is 4.98. The number of piperidine rings is 1. The summed E-state index contributed by atoms with van der Waals surface area (Å²) in [4.78, 5) is 25.3. The lowest BCUT2D eigenvalue weighted by atomic mass is 9.91. The van der Waals surface area contributed by atoms with Crippen molar-refractivity contribution < 1.29 is 9.59 Å². The zero-order valence-electron chi connectivity index (χ0n) is 12.1. The van der Waals surface area contributed by atoms with Gasteiger partial charge in [-0.3, -0.25) is 15.0 Å². The zero-order chi connectivity index (χ0) is 14.4. The number of likely N-dealkylation sites (tertiary alicyclic amines) is 1. The molecule has 1 rings (SSSR count). The van der Waals surface area contributed by atoms with Crippen molar-refractivity contribution in [1.82, 2.24) is 15.5 Å². The molecule has 1 aliphatic heterocycles. The second-order valence-corrected chi connectivity index (χ2v) is 5.57. The number of rotatable bonds is 4. The Kier molecular flexibility index (Phi) is 6.24. The van der Waals surface area contributed by atoms with E-state index < -0.39 is 6.03 Å². The van der Waals surface area contributed by atoms with Gasteiger partial charge in [-0.25, -0.2) is 4.79 Å². The van der Waals surface area contributed by atoms with Crippen LogP contribution in [0.5, 0.6) is 0 Å². The Morgan fingerprint density at radius 2 is 2.11 bits per heavy atom. The quantitative estimate of drug-likeness (QED) is 0.685. The predicted octanol–water partition coefficient (Wildman–Crippen LogP) is 0.280. The monoisotopic (exact) mass is 270 g/mol. The molecule has 2 atom stereocenters. The molecule has 0 bridgehead atoms. The summed E-state index contributed by atoms with van der Waals surface area (Å²) in [6, 6.07) is -0.193. The van der Waals surface area contributed by atoms with Crippen LogP contribution in [0.3, 0.4) is 0 Å². The maximum Gasteiger partial charge on any atom is 0.321 e. The van der Waals surface area contributed by atoms with Gasteiger partial charge in [0.05, 0.1) is 6.54 Å². The number of imide groups is 1. The Bertz CT molecular complexity index is 320. The summed E-state index contributed by atoms with van der Waals surface area (Å²) in [7, 11) is 0. The van der Waals surface area contributed by atoms with Crippen molar-refractivity contribution in [2.45, 2.75) is 45.7 Å². The lowest BCUT2D eigenvalue weighted by Gasteiger charge is -2.38. The number of nitrogens with one attached hydrogen (secondary N) is 2. The van der Waals surface area contributed by atoms with Gasteiger partial charge in [-0.15, -0.1) is 0 Å². The molecule has 2 unspecified atom stereocenters. The Morgan fingerprint density at radius 1 is 1.42 bits per heavy atom. The highest BCUT2D eigenvalue weighted by molar-refractivity contribution is 5.95. The molecule has 1 fully saturated rings. The van der Waals surface area contributed by atoms with Crippen LogP contribution in [0.2, 0.25) is 0 Å². The van der Waals surface area contributed by atoms with E-state index in [0.717, 1.165) is 19.4 Å². The molecule has 4 N–H and O–H groups in total. The SMILES string of the molecule is CC(C)NC(=O)NC(=O)CN1CCCC(C)C1CN. The van der Waals surface area contributed by atoms with Gasteiger partial charge in [0.25, 0.3) is 0 Å². The number of carbonyl (C=O) groups excluding carboxylic acids is 2. The minimum absolute atomic E-state index is 0.0135. The average Bonchev–Trinajstić information content (AvgIpc) is 2.27. The fraction of sp³-hybridized carbons (Fsp3) is 0.846. The Morgan fingerprint density at radius 3 is 2.68 bits per heavy atom. The normalized spacial score (nSPS) is 24.3. The van der Waals surface area contributed by atoms with E-state index in [4.69, 9.17) is 5.73 Å². The second kappa shape index (κ2) is 7.45. The third-order valence-corrected chi connectivity index (χ3v) is 3.49. The smallest absolute Gasteiger partial charge is 0.321 e. The topological polar surface area (TPSA) is 87.5 Å². The molecular weight excluding hydrogens is 244 g/mol. The van der Waals surface area contributed by atoms with E-state index in [0.29, 0.717) is 12.5 Å². The zero-order valence-corrected chi connectivity index (χ0v) is 12.1. The molecule has 0 aromatic rings. The summed E-state index contributed by atoms with van der Waals surface area (Å²) >= 11 is 0. The third-order valence-electron chi connectivity index (χ3n) is 3.49. The van der Waals surface area contributed by atoms with Crippen molar-refractivity contribution in [3.63, 3.8) is 0 Å². The maximum absolute atomic E-state index is 11.8. The third kappa shape index (κ3) is 5.16. The van der Waals surface area contributed by atoms with Gasteiger partial charge in [0.15, 0.2) is 0 Å². The first-order chi connectivity index (χ1) is 8.93. The minimum atomic E-state index is -0.436. The van der Waals surface area contributed by atoms with Gasteiger partial charge in [-0.1, -0.05) is 6.92 Å². The first kappa shape index (κ1) is 15.9. The first-order valence-corrected chi connectivity index (χ1v) is 6.98. The molecular formula is C13H26N4O2. The number of carbonyl (C=O) groups is 2. The summed E-state index contributed by atoms with van der Waals surface area (Å²) in [5.41, 5.74) is 5.77. The van der Waals surface area contributed by atoms with E-state index in [1.165, 1.54) is 0 Å². The highest BCUT2D eigenvalue weighted by atomic mass is 16.2. The Hall–Kier alpha value is -1.14. The van der Waals surface area contributed by atoms with Crippen molar-refractivity contribution in [2.75, 3.05) is 19.6 Å². The van der Waals surface area contributed by atoms with Crippen LogP contribution in [0.1, 0.15) is 33.6 Å². The molecule has 0 aromatic heterocycles. The van der Waals surface area contributed by atoms with E-state index in [1.54, 1.807) is 0 Å². The highest BCUT2D eigenvalue weighted by Crippen LogP contribution is 2.21. The molecule has 0 spiro atoms. The standard InChI is InChI=1S/C13H26N4O2/c1-9(2)15-13(19)16-12(18)8-17-6-4-5-10(3)11(17)7-14/h9-11H,4-8,14H2,1-3H3,(H2,15,16,18,19). The maximum atomic E-state index is 11.8. The Balaban J connectivity index is 2.44. The van der Waals surface area contributed by atoms with Crippen LogP contribution in [-0.2, 0) is 4.79 Å². The molecule has 110 valence electrons. The fourth-order valence-electron chi connectivity index (χ4n) is 2.56. The van der Waals surface area contributed by atoms with Crippen molar-refractivity contribution >= 4 is 11.9 Å². The van der Waals surface area contributed by atoms with E-state index in [2.05, 4.69) is 22.5 Å². The van der Waals surface area contributed by atoms with Gasteiger partial charge >= 0.3 is 6.03 Å². The van der Waals surface area contributed by atoms with Crippen molar-refractivity contribution in [3.8, 4) is 0 Å². The van der Waals surface area contributed by atoms with Gasteiger partial charge in [-0.05, 0) is 39.2 Å². The van der Waals surface area contributed by atoms with Crippen molar-refractivity contribution in [3.05, 3.63) is 0 Å². The largest absolute Gasteiger partial charge is 0.336 e. The molecule has 0 radical (unpaired) electrons. The lowest BCUT2D eigenvalue weighted by molar-refractivity contribution is -0.122. The van der Waals surface area contributed by atoms with Crippen LogP contribution in [0.25, 0.3) is 0 Å². The van der Waals surface area contributed by atoms with Crippen molar-refractivity contribution in [1.29, 1.82) is 0 Å². The summed E-state index contributed by atoms with van der Waals surface area (Å²) in [6.07, 6.45) is 2.22. The van der Waals surface area contributed by atoms with Crippen LogP contribution < -0.4 is 16.4 Å². The van der Waals surface area contributed by atoms with Gasteiger partial charge in [-0.2, -0.15) is 0 Å². The molecule has 1 heterocycles.